The second kappa shape index (κ2) is 2.73. The van der Waals surface area contributed by atoms with Gasteiger partial charge in [-0.2, -0.15) is 0 Å². The van der Waals surface area contributed by atoms with Gasteiger partial charge in [0, 0.05) is 13.1 Å². The van der Waals surface area contributed by atoms with Crippen molar-refractivity contribution < 1.29 is 9.90 Å². The van der Waals surface area contributed by atoms with Crippen LogP contribution < -0.4 is 5.32 Å². The van der Waals surface area contributed by atoms with E-state index < -0.39 is 5.97 Å². The Morgan fingerprint density at radius 2 is 2.08 bits per heavy atom. The van der Waals surface area contributed by atoms with Gasteiger partial charge in [-0.3, -0.25) is 4.79 Å². The van der Waals surface area contributed by atoms with Gasteiger partial charge < -0.3 is 10.4 Å². The molecule has 2 rings (SSSR count). The van der Waals surface area contributed by atoms with Crippen LogP contribution >= 0.6 is 0 Å². The maximum atomic E-state index is 10.9. The van der Waals surface area contributed by atoms with Gasteiger partial charge in [0.05, 0.1) is 5.92 Å². The van der Waals surface area contributed by atoms with Crippen molar-refractivity contribution in [3.63, 3.8) is 0 Å². The van der Waals surface area contributed by atoms with Crippen LogP contribution in [0.2, 0.25) is 0 Å². The van der Waals surface area contributed by atoms with Crippen molar-refractivity contribution in [2.45, 2.75) is 25.7 Å². The summed E-state index contributed by atoms with van der Waals surface area (Å²) in [6.45, 7) is 1.60. The standard InChI is InChI=1S/C9H15NO2/c11-8(12)7-5-10-6-9(7)3-1-2-4-9/h7,10H,1-6H2,(H,11,12). The van der Waals surface area contributed by atoms with E-state index in [9.17, 15) is 4.79 Å². The zero-order valence-corrected chi connectivity index (χ0v) is 7.18. The van der Waals surface area contributed by atoms with E-state index in [1.807, 2.05) is 0 Å². The molecule has 0 aromatic heterocycles. The van der Waals surface area contributed by atoms with Gasteiger partial charge in [0.2, 0.25) is 0 Å². The zero-order chi connectivity index (χ0) is 8.60. The summed E-state index contributed by atoms with van der Waals surface area (Å²) >= 11 is 0. The van der Waals surface area contributed by atoms with E-state index >= 15 is 0 Å². The molecule has 1 spiro atoms. The molecule has 3 heteroatoms. The molecule has 0 aromatic carbocycles. The van der Waals surface area contributed by atoms with Crippen LogP contribution in [0, 0.1) is 11.3 Å². The Morgan fingerprint density at radius 3 is 2.67 bits per heavy atom. The third-order valence-corrected chi connectivity index (χ3v) is 3.46. The zero-order valence-electron chi connectivity index (χ0n) is 7.18. The van der Waals surface area contributed by atoms with Crippen LogP contribution in [-0.4, -0.2) is 24.2 Å². The first kappa shape index (κ1) is 8.05. The summed E-state index contributed by atoms with van der Waals surface area (Å²) in [6.07, 6.45) is 4.64. The molecule has 1 heterocycles. The van der Waals surface area contributed by atoms with Crippen molar-refractivity contribution in [1.29, 1.82) is 0 Å². The van der Waals surface area contributed by atoms with Gasteiger partial charge in [-0.1, -0.05) is 12.8 Å². The maximum absolute atomic E-state index is 10.9. The van der Waals surface area contributed by atoms with Crippen molar-refractivity contribution in [2.24, 2.45) is 11.3 Å². The summed E-state index contributed by atoms with van der Waals surface area (Å²) in [7, 11) is 0. The molecule has 0 aromatic rings. The van der Waals surface area contributed by atoms with Gasteiger partial charge in [0.15, 0.2) is 0 Å². The second-order valence-corrected chi connectivity index (χ2v) is 4.09. The SMILES string of the molecule is O=C(O)C1CNCC12CCCC2. The lowest BCUT2D eigenvalue weighted by molar-refractivity contribution is -0.144. The van der Waals surface area contributed by atoms with Gasteiger partial charge >= 0.3 is 5.97 Å². The lowest BCUT2D eigenvalue weighted by Crippen LogP contribution is -2.32. The lowest BCUT2D eigenvalue weighted by Gasteiger charge is -2.26. The molecule has 12 heavy (non-hydrogen) atoms. The van der Waals surface area contributed by atoms with Crippen LogP contribution in [0.1, 0.15) is 25.7 Å². The fraction of sp³-hybridized carbons (Fsp3) is 0.889. The third kappa shape index (κ3) is 1.04. The number of carbonyl (C=O) groups is 1. The lowest BCUT2D eigenvalue weighted by atomic mass is 9.77. The van der Waals surface area contributed by atoms with E-state index in [2.05, 4.69) is 5.32 Å². The third-order valence-electron chi connectivity index (χ3n) is 3.46. The molecular formula is C9H15NO2. The molecule has 1 saturated carbocycles. The highest BCUT2D eigenvalue weighted by Gasteiger charge is 2.48. The summed E-state index contributed by atoms with van der Waals surface area (Å²) in [4.78, 5) is 10.9. The van der Waals surface area contributed by atoms with E-state index in [0.29, 0.717) is 6.54 Å². The molecule has 1 aliphatic carbocycles. The minimum absolute atomic E-state index is 0.117. The minimum atomic E-state index is -0.609. The van der Waals surface area contributed by atoms with Gasteiger partial charge in [-0.15, -0.1) is 0 Å². The van der Waals surface area contributed by atoms with E-state index in [1.54, 1.807) is 0 Å². The van der Waals surface area contributed by atoms with Crippen LogP contribution in [0.3, 0.4) is 0 Å². The molecule has 68 valence electrons. The Hall–Kier alpha value is -0.570. The number of aliphatic carboxylic acids is 1. The Kier molecular flexibility index (Phi) is 1.83. The number of nitrogens with one attached hydrogen (secondary N) is 1. The predicted octanol–water partition coefficient (Wildman–Crippen LogP) is 0.851. The molecule has 1 atom stereocenters. The largest absolute Gasteiger partial charge is 0.481 e. The quantitative estimate of drug-likeness (QED) is 0.612. The molecule has 0 radical (unpaired) electrons. The minimum Gasteiger partial charge on any atom is -0.481 e. The topological polar surface area (TPSA) is 49.3 Å². The molecule has 2 N–H and O–H groups in total. The highest BCUT2D eigenvalue weighted by Crippen LogP contribution is 2.46. The Morgan fingerprint density at radius 1 is 1.42 bits per heavy atom. The predicted molar refractivity (Wildman–Crippen MR) is 44.9 cm³/mol. The Bertz CT molecular complexity index is 191. The van der Waals surface area contributed by atoms with Crippen LogP contribution in [0.5, 0.6) is 0 Å². The molecule has 1 aliphatic heterocycles. The van der Waals surface area contributed by atoms with Crippen molar-refractivity contribution in [2.75, 3.05) is 13.1 Å². The molecule has 0 bridgehead atoms. The summed E-state index contributed by atoms with van der Waals surface area (Å²) in [5.74, 6) is -0.734. The molecule has 0 amide bonds. The van der Waals surface area contributed by atoms with Gasteiger partial charge in [0.25, 0.3) is 0 Å². The molecule has 3 nitrogen and oxygen atoms in total. The number of hydrogen-bond acceptors (Lipinski definition) is 2. The molecule has 2 fully saturated rings. The highest BCUT2D eigenvalue weighted by molar-refractivity contribution is 5.72. The first-order valence-electron chi connectivity index (χ1n) is 4.68. The van der Waals surface area contributed by atoms with E-state index in [1.165, 1.54) is 12.8 Å². The van der Waals surface area contributed by atoms with Crippen molar-refractivity contribution >= 4 is 5.97 Å². The highest BCUT2D eigenvalue weighted by atomic mass is 16.4. The monoisotopic (exact) mass is 169 g/mol. The molecule has 1 unspecified atom stereocenters. The average molecular weight is 169 g/mol. The number of hydrogen-bond donors (Lipinski definition) is 2. The maximum Gasteiger partial charge on any atom is 0.308 e. The number of carboxylic acids is 1. The summed E-state index contributed by atoms with van der Waals surface area (Å²) in [5.41, 5.74) is 0.117. The Labute approximate surface area is 72.2 Å². The van der Waals surface area contributed by atoms with Crippen LogP contribution in [0.4, 0.5) is 0 Å². The summed E-state index contributed by atoms with van der Waals surface area (Å²) < 4.78 is 0. The van der Waals surface area contributed by atoms with Gasteiger partial charge in [-0.25, -0.2) is 0 Å². The smallest absolute Gasteiger partial charge is 0.308 e. The summed E-state index contributed by atoms with van der Waals surface area (Å²) in [6, 6.07) is 0. The normalized spacial score (nSPS) is 32.8. The molecular weight excluding hydrogens is 154 g/mol. The average Bonchev–Trinajstić information content (AvgIpc) is 2.61. The first-order chi connectivity index (χ1) is 5.75. The number of carboxylic acid groups (broad SMARTS) is 1. The summed E-state index contributed by atoms with van der Waals surface area (Å²) in [5, 5.41) is 12.2. The number of rotatable bonds is 1. The fourth-order valence-corrected chi connectivity index (χ4v) is 2.76. The second-order valence-electron chi connectivity index (χ2n) is 4.09. The van der Waals surface area contributed by atoms with Gasteiger partial charge in [0.1, 0.15) is 0 Å². The van der Waals surface area contributed by atoms with Crippen molar-refractivity contribution in [1.82, 2.24) is 5.32 Å². The van der Waals surface area contributed by atoms with Crippen molar-refractivity contribution in [3.05, 3.63) is 0 Å². The van der Waals surface area contributed by atoms with Gasteiger partial charge in [-0.05, 0) is 18.3 Å². The molecule has 2 aliphatic rings. The van der Waals surface area contributed by atoms with E-state index in [0.717, 1.165) is 19.4 Å². The van der Waals surface area contributed by atoms with E-state index in [4.69, 9.17) is 5.11 Å². The fourth-order valence-electron chi connectivity index (χ4n) is 2.76. The van der Waals surface area contributed by atoms with Crippen LogP contribution in [0.15, 0.2) is 0 Å². The van der Waals surface area contributed by atoms with Crippen molar-refractivity contribution in [3.8, 4) is 0 Å². The van der Waals surface area contributed by atoms with Crippen LogP contribution in [0.25, 0.3) is 0 Å². The van der Waals surface area contributed by atoms with E-state index in [-0.39, 0.29) is 11.3 Å². The first-order valence-corrected chi connectivity index (χ1v) is 4.68. The van der Waals surface area contributed by atoms with Crippen LogP contribution in [-0.2, 0) is 4.79 Å². The Balaban J connectivity index is 2.17. The molecule has 1 saturated heterocycles.